The SMILES string of the molecule is Cc1cc([N+](=O)[O-])ccc1NC(=O)c1c(Cl)c(C)nn1C. The monoisotopic (exact) mass is 308 g/mol. The van der Waals surface area contributed by atoms with Gasteiger partial charge in [-0.3, -0.25) is 19.6 Å². The minimum Gasteiger partial charge on any atom is -0.320 e. The highest BCUT2D eigenvalue weighted by molar-refractivity contribution is 6.34. The van der Waals surface area contributed by atoms with Gasteiger partial charge in [0.1, 0.15) is 5.69 Å². The molecular weight excluding hydrogens is 296 g/mol. The Morgan fingerprint density at radius 2 is 2.10 bits per heavy atom. The maximum Gasteiger partial charge on any atom is 0.275 e. The van der Waals surface area contributed by atoms with E-state index < -0.39 is 10.8 Å². The summed E-state index contributed by atoms with van der Waals surface area (Å²) in [5.41, 5.74) is 1.85. The van der Waals surface area contributed by atoms with Gasteiger partial charge in [-0.05, 0) is 25.5 Å². The second-order valence-electron chi connectivity index (χ2n) is 4.58. The van der Waals surface area contributed by atoms with Crippen molar-refractivity contribution in [3.63, 3.8) is 0 Å². The highest BCUT2D eigenvalue weighted by Crippen LogP contribution is 2.24. The van der Waals surface area contributed by atoms with Crippen molar-refractivity contribution in [1.82, 2.24) is 9.78 Å². The fraction of sp³-hybridized carbons (Fsp3) is 0.231. The maximum atomic E-state index is 12.2. The second-order valence-corrected chi connectivity index (χ2v) is 4.96. The van der Waals surface area contributed by atoms with Crippen molar-refractivity contribution in [2.24, 2.45) is 7.05 Å². The number of amides is 1. The van der Waals surface area contributed by atoms with E-state index in [2.05, 4.69) is 10.4 Å². The summed E-state index contributed by atoms with van der Waals surface area (Å²) in [5, 5.41) is 17.7. The third kappa shape index (κ3) is 2.87. The summed E-state index contributed by atoms with van der Waals surface area (Å²) in [5.74, 6) is -0.417. The molecule has 8 heteroatoms. The van der Waals surface area contributed by atoms with Crippen LogP contribution in [0, 0.1) is 24.0 Å². The molecule has 1 amide bonds. The molecule has 0 aliphatic rings. The molecule has 0 atom stereocenters. The number of hydrogen-bond donors (Lipinski definition) is 1. The molecule has 0 spiro atoms. The Labute approximate surface area is 125 Å². The number of benzene rings is 1. The zero-order valence-electron chi connectivity index (χ0n) is 11.7. The van der Waals surface area contributed by atoms with Gasteiger partial charge < -0.3 is 5.32 Å². The first-order chi connectivity index (χ1) is 9.81. The van der Waals surface area contributed by atoms with Gasteiger partial charge in [-0.25, -0.2) is 0 Å². The topological polar surface area (TPSA) is 90.1 Å². The Morgan fingerprint density at radius 1 is 1.43 bits per heavy atom. The number of aryl methyl sites for hydroxylation is 3. The molecule has 1 aromatic carbocycles. The molecule has 7 nitrogen and oxygen atoms in total. The van der Waals surface area contributed by atoms with Gasteiger partial charge in [0.25, 0.3) is 11.6 Å². The van der Waals surface area contributed by atoms with Crippen molar-refractivity contribution in [1.29, 1.82) is 0 Å². The first-order valence-corrected chi connectivity index (χ1v) is 6.44. The van der Waals surface area contributed by atoms with E-state index in [1.54, 1.807) is 20.9 Å². The number of rotatable bonds is 3. The summed E-state index contributed by atoms with van der Waals surface area (Å²) in [6.07, 6.45) is 0. The molecule has 0 bridgehead atoms. The molecule has 0 saturated heterocycles. The van der Waals surface area contributed by atoms with Crippen LogP contribution in [0.25, 0.3) is 0 Å². The van der Waals surface area contributed by atoms with Crippen LogP contribution in [0.5, 0.6) is 0 Å². The van der Waals surface area contributed by atoms with Gasteiger partial charge in [-0.2, -0.15) is 5.10 Å². The Hall–Kier alpha value is -2.41. The zero-order chi connectivity index (χ0) is 15.7. The largest absolute Gasteiger partial charge is 0.320 e. The van der Waals surface area contributed by atoms with Gasteiger partial charge in [0.15, 0.2) is 0 Å². The molecule has 0 unspecified atom stereocenters. The predicted octanol–water partition coefficient (Wildman–Crippen LogP) is 2.85. The van der Waals surface area contributed by atoms with Crippen LogP contribution >= 0.6 is 11.6 Å². The predicted molar refractivity (Wildman–Crippen MR) is 78.7 cm³/mol. The van der Waals surface area contributed by atoms with Crippen LogP contribution in [-0.4, -0.2) is 20.6 Å². The minimum atomic E-state index is -0.486. The smallest absolute Gasteiger partial charge is 0.275 e. The second kappa shape index (κ2) is 5.53. The molecule has 110 valence electrons. The van der Waals surface area contributed by atoms with Gasteiger partial charge in [-0.15, -0.1) is 0 Å². The van der Waals surface area contributed by atoms with Gasteiger partial charge in [0, 0.05) is 24.9 Å². The van der Waals surface area contributed by atoms with Crippen molar-refractivity contribution in [3.05, 3.63) is 50.3 Å². The summed E-state index contributed by atoms with van der Waals surface area (Å²) >= 11 is 6.05. The first-order valence-electron chi connectivity index (χ1n) is 6.06. The fourth-order valence-corrected chi connectivity index (χ4v) is 2.21. The lowest BCUT2D eigenvalue weighted by atomic mass is 10.1. The van der Waals surface area contributed by atoms with Crippen LogP contribution < -0.4 is 5.32 Å². The Morgan fingerprint density at radius 3 is 2.57 bits per heavy atom. The Bertz CT molecular complexity index is 739. The van der Waals surface area contributed by atoms with E-state index >= 15 is 0 Å². The number of hydrogen-bond acceptors (Lipinski definition) is 4. The van der Waals surface area contributed by atoms with Crippen molar-refractivity contribution < 1.29 is 9.72 Å². The van der Waals surface area contributed by atoms with E-state index in [1.165, 1.54) is 22.9 Å². The molecule has 1 N–H and O–H groups in total. The number of non-ortho nitro benzene ring substituents is 1. The summed E-state index contributed by atoms with van der Waals surface area (Å²) in [6, 6.07) is 4.22. The molecule has 2 rings (SSSR count). The number of nitrogens with zero attached hydrogens (tertiary/aromatic N) is 3. The third-order valence-corrected chi connectivity index (χ3v) is 3.49. The average molecular weight is 309 g/mol. The number of halogens is 1. The number of anilines is 1. The number of nitro groups is 1. The summed E-state index contributed by atoms with van der Waals surface area (Å²) < 4.78 is 1.40. The van der Waals surface area contributed by atoms with E-state index in [0.29, 0.717) is 16.9 Å². The number of nitrogens with one attached hydrogen (secondary N) is 1. The molecule has 1 heterocycles. The summed E-state index contributed by atoms with van der Waals surface area (Å²) in [4.78, 5) is 22.5. The molecule has 1 aromatic heterocycles. The lowest BCUT2D eigenvalue weighted by Crippen LogP contribution is -2.17. The number of carbonyl (C=O) groups is 1. The van der Waals surface area contributed by atoms with Gasteiger partial charge in [0.05, 0.1) is 15.6 Å². The van der Waals surface area contributed by atoms with Gasteiger partial charge in [0.2, 0.25) is 0 Å². The van der Waals surface area contributed by atoms with E-state index in [1.807, 2.05) is 0 Å². The van der Waals surface area contributed by atoms with E-state index in [-0.39, 0.29) is 16.4 Å². The van der Waals surface area contributed by atoms with Crippen LogP contribution in [0.2, 0.25) is 5.02 Å². The molecule has 0 aliphatic carbocycles. The fourth-order valence-electron chi connectivity index (χ4n) is 1.96. The van der Waals surface area contributed by atoms with Crippen LogP contribution in [-0.2, 0) is 7.05 Å². The molecule has 0 fully saturated rings. The van der Waals surface area contributed by atoms with Crippen LogP contribution in [0.1, 0.15) is 21.7 Å². The quantitative estimate of drug-likeness (QED) is 0.697. The van der Waals surface area contributed by atoms with Crippen LogP contribution in [0.3, 0.4) is 0 Å². The molecule has 0 radical (unpaired) electrons. The van der Waals surface area contributed by atoms with Crippen LogP contribution in [0.4, 0.5) is 11.4 Å². The highest BCUT2D eigenvalue weighted by atomic mass is 35.5. The number of carbonyl (C=O) groups excluding carboxylic acids is 1. The highest BCUT2D eigenvalue weighted by Gasteiger charge is 2.19. The van der Waals surface area contributed by atoms with E-state index in [9.17, 15) is 14.9 Å². The van der Waals surface area contributed by atoms with Crippen molar-refractivity contribution in [2.45, 2.75) is 13.8 Å². The Balaban J connectivity index is 2.30. The summed E-state index contributed by atoms with van der Waals surface area (Å²) in [6.45, 7) is 3.38. The van der Waals surface area contributed by atoms with Gasteiger partial charge in [-0.1, -0.05) is 11.6 Å². The molecular formula is C13H13ClN4O3. The van der Waals surface area contributed by atoms with Gasteiger partial charge >= 0.3 is 0 Å². The molecule has 21 heavy (non-hydrogen) atoms. The molecule has 0 aliphatic heterocycles. The maximum absolute atomic E-state index is 12.2. The molecule has 0 saturated carbocycles. The van der Waals surface area contributed by atoms with Crippen molar-refractivity contribution >= 4 is 28.9 Å². The van der Waals surface area contributed by atoms with Crippen molar-refractivity contribution in [2.75, 3.05) is 5.32 Å². The average Bonchev–Trinajstić information content (AvgIpc) is 2.65. The zero-order valence-corrected chi connectivity index (χ0v) is 12.4. The van der Waals surface area contributed by atoms with Crippen LogP contribution in [0.15, 0.2) is 18.2 Å². The standard InChI is InChI=1S/C13H13ClN4O3/c1-7-6-9(18(20)21)4-5-10(7)15-13(19)12-11(14)8(2)16-17(12)3/h4-6H,1-3H3,(H,15,19). The number of aromatic nitrogens is 2. The summed E-state index contributed by atoms with van der Waals surface area (Å²) in [7, 11) is 1.62. The third-order valence-electron chi connectivity index (χ3n) is 3.03. The van der Waals surface area contributed by atoms with E-state index in [0.717, 1.165) is 0 Å². The van der Waals surface area contributed by atoms with Crippen molar-refractivity contribution in [3.8, 4) is 0 Å². The first kappa shape index (κ1) is 15.0. The lowest BCUT2D eigenvalue weighted by Gasteiger charge is -2.08. The number of nitro benzene ring substituents is 1. The normalized spacial score (nSPS) is 10.5. The van der Waals surface area contributed by atoms with E-state index in [4.69, 9.17) is 11.6 Å². The lowest BCUT2D eigenvalue weighted by molar-refractivity contribution is -0.384. The Kier molecular flexibility index (Phi) is 3.95. The molecule has 2 aromatic rings. The minimum absolute atomic E-state index is 0.0279.